The summed E-state index contributed by atoms with van der Waals surface area (Å²) in [7, 11) is 2.23. The Morgan fingerprint density at radius 2 is 2.21 bits per heavy atom. The lowest BCUT2D eigenvalue weighted by atomic mass is 9.74. The SMILES string of the molecule is CN(C1CCCOC1)C1(CN)CCC1. The second-order valence-electron chi connectivity index (χ2n) is 4.76. The molecule has 0 amide bonds. The van der Waals surface area contributed by atoms with Crippen LogP contribution in [0.3, 0.4) is 0 Å². The first-order valence-electron chi connectivity index (χ1n) is 5.79. The van der Waals surface area contributed by atoms with E-state index in [1.165, 1.54) is 32.1 Å². The largest absolute Gasteiger partial charge is 0.380 e. The minimum Gasteiger partial charge on any atom is -0.380 e. The van der Waals surface area contributed by atoms with E-state index in [1.807, 2.05) is 0 Å². The normalized spacial score (nSPS) is 31.5. The van der Waals surface area contributed by atoms with E-state index >= 15 is 0 Å². The van der Waals surface area contributed by atoms with Gasteiger partial charge in [-0.1, -0.05) is 0 Å². The highest BCUT2D eigenvalue weighted by molar-refractivity contribution is 5.00. The maximum atomic E-state index is 5.89. The van der Waals surface area contributed by atoms with Crippen molar-refractivity contribution in [2.24, 2.45) is 5.73 Å². The molecule has 0 aromatic heterocycles. The summed E-state index contributed by atoms with van der Waals surface area (Å²) >= 11 is 0. The fourth-order valence-electron chi connectivity index (χ4n) is 2.70. The molecule has 0 radical (unpaired) electrons. The first-order valence-corrected chi connectivity index (χ1v) is 5.79. The van der Waals surface area contributed by atoms with Gasteiger partial charge in [0.05, 0.1) is 6.61 Å². The quantitative estimate of drug-likeness (QED) is 0.734. The Bertz CT molecular complexity index is 180. The third-order valence-electron chi connectivity index (χ3n) is 4.10. The molecule has 1 heterocycles. The highest BCUT2D eigenvalue weighted by Crippen LogP contribution is 2.38. The van der Waals surface area contributed by atoms with Crippen molar-refractivity contribution in [3.05, 3.63) is 0 Å². The molecule has 0 spiro atoms. The monoisotopic (exact) mass is 198 g/mol. The van der Waals surface area contributed by atoms with Gasteiger partial charge in [0.2, 0.25) is 0 Å². The highest BCUT2D eigenvalue weighted by Gasteiger charge is 2.42. The van der Waals surface area contributed by atoms with Crippen molar-refractivity contribution in [1.29, 1.82) is 0 Å². The summed E-state index contributed by atoms with van der Waals surface area (Å²) in [6, 6.07) is 0.604. The van der Waals surface area contributed by atoms with Gasteiger partial charge in [-0.2, -0.15) is 0 Å². The maximum Gasteiger partial charge on any atom is 0.0621 e. The van der Waals surface area contributed by atoms with Crippen molar-refractivity contribution in [2.75, 3.05) is 26.8 Å². The van der Waals surface area contributed by atoms with Gasteiger partial charge >= 0.3 is 0 Å². The maximum absolute atomic E-state index is 5.89. The van der Waals surface area contributed by atoms with Crippen LogP contribution in [-0.4, -0.2) is 43.3 Å². The number of nitrogens with zero attached hydrogens (tertiary/aromatic N) is 1. The van der Waals surface area contributed by atoms with Crippen LogP contribution in [0.5, 0.6) is 0 Å². The van der Waals surface area contributed by atoms with Gasteiger partial charge in [0.15, 0.2) is 0 Å². The summed E-state index contributed by atoms with van der Waals surface area (Å²) in [6.45, 7) is 2.65. The second kappa shape index (κ2) is 4.17. The number of rotatable bonds is 3. The van der Waals surface area contributed by atoms with Crippen LogP contribution in [0.4, 0.5) is 0 Å². The van der Waals surface area contributed by atoms with Crippen molar-refractivity contribution >= 4 is 0 Å². The smallest absolute Gasteiger partial charge is 0.0621 e. The van der Waals surface area contributed by atoms with Crippen molar-refractivity contribution in [2.45, 2.75) is 43.7 Å². The Kier molecular flexibility index (Phi) is 3.10. The number of hydrogen-bond acceptors (Lipinski definition) is 3. The minimum absolute atomic E-state index is 0.311. The Morgan fingerprint density at radius 1 is 1.43 bits per heavy atom. The summed E-state index contributed by atoms with van der Waals surface area (Å²) in [5.41, 5.74) is 6.20. The lowest BCUT2D eigenvalue weighted by Crippen LogP contribution is -2.61. The van der Waals surface area contributed by atoms with Crippen molar-refractivity contribution in [3.8, 4) is 0 Å². The van der Waals surface area contributed by atoms with Crippen molar-refractivity contribution in [1.82, 2.24) is 4.90 Å². The molecule has 1 aliphatic carbocycles. The van der Waals surface area contributed by atoms with Crippen LogP contribution in [-0.2, 0) is 4.74 Å². The van der Waals surface area contributed by atoms with Gasteiger partial charge in [0.1, 0.15) is 0 Å². The molecular formula is C11H22N2O. The lowest BCUT2D eigenvalue weighted by molar-refractivity contribution is -0.0467. The summed E-state index contributed by atoms with van der Waals surface area (Å²) < 4.78 is 5.53. The highest BCUT2D eigenvalue weighted by atomic mass is 16.5. The second-order valence-corrected chi connectivity index (χ2v) is 4.76. The summed E-state index contributed by atoms with van der Waals surface area (Å²) in [5.74, 6) is 0. The summed E-state index contributed by atoms with van der Waals surface area (Å²) in [5, 5.41) is 0. The molecule has 2 aliphatic rings. The summed E-state index contributed by atoms with van der Waals surface area (Å²) in [4.78, 5) is 2.50. The predicted molar refractivity (Wildman–Crippen MR) is 57.2 cm³/mol. The van der Waals surface area contributed by atoms with Crippen LogP contribution in [0.2, 0.25) is 0 Å². The molecule has 0 bridgehead atoms. The molecule has 1 unspecified atom stereocenters. The van der Waals surface area contributed by atoms with E-state index < -0.39 is 0 Å². The van der Waals surface area contributed by atoms with E-state index in [1.54, 1.807) is 0 Å². The van der Waals surface area contributed by atoms with Crippen molar-refractivity contribution < 1.29 is 4.74 Å². The Morgan fingerprint density at radius 3 is 2.64 bits per heavy atom. The molecule has 2 rings (SSSR count). The molecule has 2 fully saturated rings. The van der Waals surface area contributed by atoms with E-state index in [4.69, 9.17) is 10.5 Å². The van der Waals surface area contributed by atoms with Crippen LogP contribution in [0.1, 0.15) is 32.1 Å². The topological polar surface area (TPSA) is 38.5 Å². The number of hydrogen-bond donors (Lipinski definition) is 1. The standard InChI is InChI=1S/C11H22N2O/c1-13(10-4-2-7-14-8-10)11(9-12)5-3-6-11/h10H,2-9,12H2,1H3. The minimum atomic E-state index is 0.311. The average Bonchev–Trinajstić information content (AvgIpc) is 2.18. The van der Waals surface area contributed by atoms with Gasteiger partial charge in [-0.25, -0.2) is 0 Å². The first-order chi connectivity index (χ1) is 6.78. The van der Waals surface area contributed by atoms with Gasteiger partial charge in [0, 0.05) is 24.7 Å². The van der Waals surface area contributed by atoms with Gasteiger partial charge in [-0.3, -0.25) is 4.90 Å². The molecule has 1 aliphatic heterocycles. The molecular weight excluding hydrogens is 176 g/mol. The van der Waals surface area contributed by atoms with E-state index in [0.29, 0.717) is 11.6 Å². The van der Waals surface area contributed by atoms with E-state index in [-0.39, 0.29) is 0 Å². The molecule has 1 saturated carbocycles. The fourth-order valence-corrected chi connectivity index (χ4v) is 2.70. The lowest BCUT2D eigenvalue weighted by Gasteiger charge is -2.52. The zero-order valence-electron chi connectivity index (χ0n) is 9.17. The number of likely N-dealkylation sites (N-methyl/N-ethyl adjacent to an activating group) is 1. The molecule has 14 heavy (non-hydrogen) atoms. The Labute approximate surface area is 86.6 Å². The van der Waals surface area contributed by atoms with Crippen LogP contribution < -0.4 is 5.73 Å². The van der Waals surface area contributed by atoms with E-state index in [9.17, 15) is 0 Å². The van der Waals surface area contributed by atoms with Crippen molar-refractivity contribution in [3.63, 3.8) is 0 Å². The average molecular weight is 198 g/mol. The zero-order valence-corrected chi connectivity index (χ0v) is 9.17. The molecule has 2 N–H and O–H groups in total. The summed E-state index contributed by atoms with van der Waals surface area (Å²) in [6.07, 6.45) is 6.37. The van der Waals surface area contributed by atoms with Crippen LogP contribution in [0, 0.1) is 0 Å². The third kappa shape index (κ3) is 1.69. The van der Waals surface area contributed by atoms with Crippen LogP contribution in [0.15, 0.2) is 0 Å². The van der Waals surface area contributed by atoms with Gasteiger partial charge in [-0.05, 0) is 39.2 Å². The Hall–Kier alpha value is -0.120. The molecule has 3 nitrogen and oxygen atoms in total. The molecule has 1 saturated heterocycles. The Balaban J connectivity index is 1.94. The molecule has 3 heteroatoms. The van der Waals surface area contributed by atoms with Gasteiger partial charge in [-0.15, -0.1) is 0 Å². The first kappa shape index (κ1) is 10.4. The van der Waals surface area contributed by atoms with Gasteiger partial charge < -0.3 is 10.5 Å². The van der Waals surface area contributed by atoms with E-state index in [0.717, 1.165) is 19.8 Å². The molecule has 1 atom stereocenters. The van der Waals surface area contributed by atoms with Gasteiger partial charge in [0.25, 0.3) is 0 Å². The molecule has 82 valence electrons. The fraction of sp³-hybridized carbons (Fsp3) is 1.00. The predicted octanol–water partition coefficient (Wildman–Crippen LogP) is 0.979. The number of nitrogens with two attached hydrogens (primary N) is 1. The molecule has 0 aromatic rings. The third-order valence-corrected chi connectivity index (χ3v) is 4.10. The van der Waals surface area contributed by atoms with Crippen LogP contribution >= 0.6 is 0 Å². The molecule has 0 aromatic carbocycles. The number of ether oxygens (including phenoxy) is 1. The van der Waals surface area contributed by atoms with Crippen LogP contribution in [0.25, 0.3) is 0 Å². The zero-order chi connectivity index (χ0) is 10.0. The van der Waals surface area contributed by atoms with E-state index in [2.05, 4.69) is 11.9 Å².